The van der Waals surface area contributed by atoms with Gasteiger partial charge in [0, 0.05) is 0 Å². The van der Waals surface area contributed by atoms with Crippen LogP contribution in [-0.2, 0) is 11.0 Å². The zero-order chi connectivity index (χ0) is 10.8. The molecule has 0 saturated heterocycles. The average molecular weight is 215 g/mol. The van der Waals surface area contributed by atoms with Gasteiger partial charge in [0.15, 0.2) is 0 Å². The van der Waals surface area contributed by atoms with E-state index in [4.69, 9.17) is 15.5 Å². The van der Waals surface area contributed by atoms with Crippen LogP contribution in [0.3, 0.4) is 0 Å². The Kier molecular flexibility index (Phi) is 3.45. The van der Waals surface area contributed by atoms with E-state index in [1.807, 2.05) is 19.1 Å². The SMILES string of the molecule is CCc1ccc(C(N)P(=O)(O)O)cc1. The fourth-order valence-corrected chi connectivity index (χ4v) is 1.71. The summed E-state index contributed by atoms with van der Waals surface area (Å²) in [5.41, 5.74) is 6.99. The zero-order valence-electron chi connectivity index (χ0n) is 7.92. The fraction of sp³-hybridized carbons (Fsp3) is 0.333. The first-order valence-electron chi connectivity index (χ1n) is 4.34. The summed E-state index contributed by atoms with van der Waals surface area (Å²) in [4.78, 5) is 17.7. The van der Waals surface area contributed by atoms with Crippen LogP contribution in [0.1, 0.15) is 23.8 Å². The second-order valence-electron chi connectivity index (χ2n) is 3.13. The second kappa shape index (κ2) is 4.24. The van der Waals surface area contributed by atoms with Crippen molar-refractivity contribution in [3.63, 3.8) is 0 Å². The maximum absolute atomic E-state index is 10.9. The van der Waals surface area contributed by atoms with Crippen molar-refractivity contribution in [2.45, 2.75) is 19.1 Å². The van der Waals surface area contributed by atoms with Crippen molar-refractivity contribution in [3.8, 4) is 0 Å². The highest BCUT2D eigenvalue weighted by Gasteiger charge is 2.25. The fourth-order valence-electron chi connectivity index (χ4n) is 1.14. The largest absolute Gasteiger partial charge is 0.346 e. The number of hydrogen-bond donors (Lipinski definition) is 3. The van der Waals surface area contributed by atoms with Crippen LogP contribution in [0.5, 0.6) is 0 Å². The van der Waals surface area contributed by atoms with Crippen molar-refractivity contribution in [1.29, 1.82) is 0 Å². The van der Waals surface area contributed by atoms with Crippen molar-refractivity contribution in [3.05, 3.63) is 35.4 Å². The normalized spacial score (nSPS) is 14.0. The van der Waals surface area contributed by atoms with E-state index in [0.717, 1.165) is 12.0 Å². The molecule has 0 spiro atoms. The van der Waals surface area contributed by atoms with Crippen molar-refractivity contribution >= 4 is 7.60 Å². The van der Waals surface area contributed by atoms with E-state index in [2.05, 4.69) is 0 Å². The van der Waals surface area contributed by atoms with E-state index in [0.29, 0.717) is 5.56 Å². The van der Waals surface area contributed by atoms with E-state index in [1.54, 1.807) is 12.1 Å². The molecule has 5 heteroatoms. The molecule has 1 aromatic rings. The predicted octanol–water partition coefficient (Wildman–Crippen LogP) is 1.38. The minimum atomic E-state index is -4.22. The van der Waals surface area contributed by atoms with E-state index in [9.17, 15) is 4.57 Å². The second-order valence-corrected chi connectivity index (χ2v) is 4.86. The van der Waals surface area contributed by atoms with Crippen LogP contribution in [0, 0.1) is 0 Å². The molecule has 78 valence electrons. The molecule has 1 atom stereocenters. The lowest BCUT2D eigenvalue weighted by Crippen LogP contribution is -2.10. The van der Waals surface area contributed by atoms with Gasteiger partial charge in [0.1, 0.15) is 5.78 Å². The molecule has 14 heavy (non-hydrogen) atoms. The van der Waals surface area contributed by atoms with Crippen molar-refractivity contribution in [1.82, 2.24) is 0 Å². The minimum absolute atomic E-state index is 0.468. The summed E-state index contributed by atoms with van der Waals surface area (Å²) < 4.78 is 10.9. The van der Waals surface area contributed by atoms with Crippen LogP contribution >= 0.6 is 7.60 Å². The van der Waals surface area contributed by atoms with Gasteiger partial charge in [-0.05, 0) is 17.5 Å². The van der Waals surface area contributed by atoms with Gasteiger partial charge in [0.25, 0.3) is 0 Å². The molecule has 0 aliphatic rings. The highest BCUT2D eigenvalue weighted by molar-refractivity contribution is 7.52. The maximum atomic E-state index is 10.9. The molecule has 0 aliphatic heterocycles. The highest BCUT2D eigenvalue weighted by Crippen LogP contribution is 2.47. The Labute approximate surface area is 82.9 Å². The van der Waals surface area contributed by atoms with E-state index in [-0.39, 0.29) is 0 Å². The molecule has 1 aromatic carbocycles. The Bertz CT molecular complexity index is 344. The smallest absolute Gasteiger partial charge is 0.323 e. The Morgan fingerprint density at radius 2 is 1.86 bits per heavy atom. The third kappa shape index (κ3) is 2.66. The van der Waals surface area contributed by atoms with Gasteiger partial charge < -0.3 is 15.5 Å². The van der Waals surface area contributed by atoms with E-state index in [1.165, 1.54) is 0 Å². The molecule has 0 amide bonds. The number of aryl methyl sites for hydroxylation is 1. The molecule has 0 heterocycles. The summed E-state index contributed by atoms with van der Waals surface area (Å²) in [6, 6.07) is 6.96. The lowest BCUT2D eigenvalue weighted by atomic mass is 10.1. The number of nitrogens with two attached hydrogens (primary N) is 1. The summed E-state index contributed by atoms with van der Waals surface area (Å²) in [7, 11) is -4.22. The molecule has 1 unspecified atom stereocenters. The van der Waals surface area contributed by atoms with Crippen LogP contribution in [-0.4, -0.2) is 9.79 Å². The lowest BCUT2D eigenvalue weighted by Gasteiger charge is -2.13. The Hall–Kier alpha value is -0.670. The van der Waals surface area contributed by atoms with Crippen molar-refractivity contribution < 1.29 is 14.4 Å². The molecule has 1 rings (SSSR count). The molecule has 0 saturated carbocycles. The molecule has 4 N–H and O–H groups in total. The number of benzene rings is 1. The molecule has 0 aromatic heterocycles. The van der Waals surface area contributed by atoms with Crippen LogP contribution in [0.15, 0.2) is 24.3 Å². The van der Waals surface area contributed by atoms with Crippen LogP contribution < -0.4 is 5.73 Å². The zero-order valence-corrected chi connectivity index (χ0v) is 8.82. The van der Waals surface area contributed by atoms with Gasteiger partial charge in [-0.2, -0.15) is 0 Å². The molecular weight excluding hydrogens is 201 g/mol. The molecule has 0 fully saturated rings. The molecule has 0 aliphatic carbocycles. The standard InChI is InChI=1S/C9H14NO3P/c1-2-7-3-5-8(6-4-7)9(10)14(11,12)13/h3-6,9H,2,10H2,1H3,(H2,11,12,13). The number of hydrogen-bond acceptors (Lipinski definition) is 2. The third-order valence-electron chi connectivity index (χ3n) is 2.09. The van der Waals surface area contributed by atoms with Gasteiger partial charge in [-0.15, -0.1) is 0 Å². The van der Waals surface area contributed by atoms with Crippen LogP contribution in [0.4, 0.5) is 0 Å². The van der Waals surface area contributed by atoms with Crippen molar-refractivity contribution in [2.75, 3.05) is 0 Å². The Morgan fingerprint density at radius 1 is 1.36 bits per heavy atom. The average Bonchev–Trinajstić information content (AvgIpc) is 2.15. The van der Waals surface area contributed by atoms with Gasteiger partial charge in [0.2, 0.25) is 0 Å². The Morgan fingerprint density at radius 3 is 2.21 bits per heavy atom. The molecule has 0 radical (unpaired) electrons. The Balaban J connectivity index is 2.92. The number of rotatable bonds is 3. The van der Waals surface area contributed by atoms with Crippen LogP contribution in [0.2, 0.25) is 0 Å². The van der Waals surface area contributed by atoms with E-state index < -0.39 is 13.4 Å². The first-order chi connectivity index (χ1) is 6.45. The summed E-state index contributed by atoms with van der Waals surface area (Å²) in [6.45, 7) is 2.01. The lowest BCUT2D eigenvalue weighted by molar-refractivity contribution is 0.359. The summed E-state index contributed by atoms with van der Waals surface area (Å²) in [6.07, 6.45) is 0.894. The third-order valence-corrected chi connectivity index (χ3v) is 3.11. The minimum Gasteiger partial charge on any atom is -0.323 e. The summed E-state index contributed by atoms with van der Waals surface area (Å²) in [5, 5.41) is 0. The van der Waals surface area contributed by atoms with Crippen molar-refractivity contribution in [2.24, 2.45) is 5.73 Å². The van der Waals surface area contributed by atoms with Crippen LogP contribution in [0.25, 0.3) is 0 Å². The van der Waals surface area contributed by atoms with Gasteiger partial charge in [-0.3, -0.25) is 4.57 Å². The molecule has 0 bridgehead atoms. The van der Waals surface area contributed by atoms with Gasteiger partial charge in [0.05, 0.1) is 0 Å². The first kappa shape index (κ1) is 11.4. The van der Waals surface area contributed by atoms with E-state index >= 15 is 0 Å². The summed E-state index contributed by atoms with van der Waals surface area (Å²) in [5.74, 6) is -1.21. The predicted molar refractivity (Wildman–Crippen MR) is 54.8 cm³/mol. The topological polar surface area (TPSA) is 83.6 Å². The monoisotopic (exact) mass is 215 g/mol. The highest BCUT2D eigenvalue weighted by atomic mass is 31.2. The first-order valence-corrected chi connectivity index (χ1v) is 6.03. The summed E-state index contributed by atoms with van der Waals surface area (Å²) >= 11 is 0. The van der Waals surface area contributed by atoms with Gasteiger partial charge in [-0.1, -0.05) is 31.2 Å². The maximum Gasteiger partial charge on any atom is 0.346 e. The van der Waals surface area contributed by atoms with Gasteiger partial charge in [-0.25, -0.2) is 0 Å². The molecule has 4 nitrogen and oxygen atoms in total. The van der Waals surface area contributed by atoms with Gasteiger partial charge >= 0.3 is 7.60 Å². The molecular formula is C9H14NO3P. The quantitative estimate of drug-likeness (QED) is 0.665.